The van der Waals surface area contributed by atoms with Gasteiger partial charge in [-0.05, 0) is 62.7 Å². The second-order valence-corrected chi connectivity index (χ2v) is 6.90. The van der Waals surface area contributed by atoms with E-state index < -0.39 is 0 Å². The van der Waals surface area contributed by atoms with Gasteiger partial charge in [-0.3, -0.25) is 0 Å². The molecule has 0 unspecified atom stereocenters. The topological polar surface area (TPSA) is 66.0 Å². The molecule has 3 rings (SSSR count). The Bertz CT molecular complexity index is 1090. The molecular weight excluding hydrogens is 451 g/mol. The van der Waals surface area contributed by atoms with Crippen molar-refractivity contribution in [3.63, 3.8) is 0 Å². The summed E-state index contributed by atoms with van der Waals surface area (Å²) in [5.74, 6) is 1.20. The molecule has 27 heavy (non-hydrogen) atoms. The number of fused-ring (bicyclic) bond motifs is 1. The monoisotopic (exact) mass is 466 g/mol. The summed E-state index contributed by atoms with van der Waals surface area (Å²) in [6.45, 7) is 0.407. The molecular formula is C22H15IN2O2. The van der Waals surface area contributed by atoms with E-state index in [0.29, 0.717) is 23.7 Å². The number of halogens is 1. The molecule has 0 saturated carbocycles. The zero-order valence-corrected chi connectivity index (χ0v) is 16.7. The number of methoxy groups -OCH3 is 1. The number of allylic oxidation sites excluding steroid dienone is 1. The van der Waals surface area contributed by atoms with Crippen molar-refractivity contribution in [3.8, 4) is 23.6 Å². The van der Waals surface area contributed by atoms with E-state index in [4.69, 9.17) is 20.0 Å². The minimum atomic E-state index is 0.0391. The van der Waals surface area contributed by atoms with Crippen LogP contribution in [0, 0.1) is 26.2 Å². The third-order valence-electron chi connectivity index (χ3n) is 4.06. The third kappa shape index (κ3) is 4.21. The Balaban J connectivity index is 1.92. The Kier molecular flexibility index (Phi) is 5.95. The maximum atomic E-state index is 8.94. The van der Waals surface area contributed by atoms with Crippen LogP contribution in [0.25, 0.3) is 16.8 Å². The molecule has 5 heteroatoms. The zero-order valence-electron chi connectivity index (χ0n) is 14.6. The summed E-state index contributed by atoms with van der Waals surface area (Å²) in [4.78, 5) is 0. The van der Waals surface area contributed by atoms with Gasteiger partial charge in [0.2, 0.25) is 0 Å². The minimum absolute atomic E-state index is 0.0391. The Hall–Kier alpha value is -3.03. The van der Waals surface area contributed by atoms with Gasteiger partial charge in [0.05, 0.1) is 10.7 Å². The van der Waals surface area contributed by atoms with Gasteiger partial charge >= 0.3 is 0 Å². The molecule has 4 nitrogen and oxygen atoms in total. The number of hydrogen-bond acceptors (Lipinski definition) is 4. The van der Waals surface area contributed by atoms with E-state index in [0.717, 1.165) is 14.5 Å². The fourth-order valence-electron chi connectivity index (χ4n) is 2.79. The fourth-order valence-corrected chi connectivity index (χ4v) is 3.57. The second-order valence-electron chi connectivity index (χ2n) is 5.74. The van der Waals surface area contributed by atoms with Crippen molar-refractivity contribution in [3.05, 3.63) is 74.9 Å². The number of hydrogen-bond donors (Lipinski definition) is 0. The quantitative estimate of drug-likeness (QED) is 0.370. The summed E-state index contributed by atoms with van der Waals surface area (Å²) < 4.78 is 12.4. The van der Waals surface area contributed by atoms with Crippen molar-refractivity contribution in [1.29, 1.82) is 10.5 Å². The van der Waals surface area contributed by atoms with Crippen LogP contribution < -0.4 is 9.47 Å². The lowest BCUT2D eigenvalue weighted by Gasteiger charge is -2.14. The van der Waals surface area contributed by atoms with Crippen LogP contribution in [0.5, 0.6) is 11.5 Å². The van der Waals surface area contributed by atoms with Crippen LogP contribution in [0.2, 0.25) is 0 Å². The highest BCUT2D eigenvalue weighted by molar-refractivity contribution is 14.1. The minimum Gasteiger partial charge on any atom is -0.493 e. The maximum Gasteiger partial charge on any atom is 0.174 e. The molecule has 0 radical (unpaired) electrons. The van der Waals surface area contributed by atoms with Gasteiger partial charge in [-0.2, -0.15) is 10.5 Å². The first-order valence-electron chi connectivity index (χ1n) is 8.15. The molecule has 0 aromatic heterocycles. The van der Waals surface area contributed by atoms with Gasteiger partial charge < -0.3 is 9.47 Å². The first-order chi connectivity index (χ1) is 13.2. The maximum absolute atomic E-state index is 8.94. The molecule has 0 aliphatic heterocycles. The van der Waals surface area contributed by atoms with E-state index in [-0.39, 0.29) is 5.57 Å². The molecule has 0 fully saturated rings. The van der Waals surface area contributed by atoms with Crippen LogP contribution >= 0.6 is 22.6 Å². The molecule has 0 heterocycles. The summed E-state index contributed by atoms with van der Waals surface area (Å²) in [6, 6.07) is 21.7. The Morgan fingerprint density at radius 2 is 1.81 bits per heavy atom. The number of ether oxygens (including phenoxy) is 2. The Morgan fingerprint density at radius 1 is 1.07 bits per heavy atom. The number of nitrogens with zero attached hydrogens (tertiary/aromatic N) is 2. The Morgan fingerprint density at radius 3 is 2.56 bits per heavy atom. The van der Waals surface area contributed by atoms with E-state index in [1.807, 2.05) is 42.5 Å². The molecule has 0 saturated heterocycles. The predicted octanol–water partition coefficient (Wildman–Crippen LogP) is 5.46. The molecule has 0 spiro atoms. The van der Waals surface area contributed by atoms with E-state index in [1.54, 1.807) is 13.2 Å². The summed E-state index contributed by atoms with van der Waals surface area (Å²) in [7, 11) is 1.57. The molecule has 0 amide bonds. The largest absolute Gasteiger partial charge is 0.493 e. The molecule has 3 aromatic carbocycles. The van der Waals surface area contributed by atoms with Gasteiger partial charge in [0, 0.05) is 0 Å². The van der Waals surface area contributed by atoms with Gasteiger partial charge in [-0.1, -0.05) is 42.5 Å². The molecule has 3 aromatic rings. The molecule has 0 bridgehead atoms. The normalized spacial score (nSPS) is 9.93. The van der Waals surface area contributed by atoms with Gasteiger partial charge in [-0.25, -0.2) is 0 Å². The van der Waals surface area contributed by atoms with Gasteiger partial charge in [0.25, 0.3) is 0 Å². The number of rotatable bonds is 5. The molecule has 132 valence electrons. The highest BCUT2D eigenvalue weighted by Crippen LogP contribution is 2.35. The summed E-state index contributed by atoms with van der Waals surface area (Å²) in [6.07, 6.45) is 1.53. The van der Waals surface area contributed by atoms with Crippen molar-refractivity contribution in [2.75, 3.05) is 7.11 Å². The molecule has 0 N–H and O–H groups in total. The van der Waals surface area contributed by atoms with Gasteiger partial charge in [-0.15, -0.1) is 0 Å². The second kappa shape index (κ2) is 8.57. The lowest BCUT2D eigenvalue weighted by atomic mass is 10.1. The van der Waals surface area contributed by atoms with Gasteiger partial charge in [0.15, 0.2) is 11.5 Å². The average molecular weight is 466 g/mol. The predicted molar refractivity (Wildman–Crippen MR) is 113 cm³/mol. The van der Waals surface area contributed by atoms with Crippen molar-refractivity contribution in [1.82, 2.24) is 0 Å². The SMILES string of the molecule is COc1cc(C=C(C#N)C#N)cc(I)c1OCc1cccc2ccccc12. The summed E-state index contributed by atoms with van der Waals surface area (Å²) >= 11 is 2.17. The van der Waals surface area contributed by atoms with Crippen molar-refractivity contribution in [2.24, 2.45) is 0 Å². The highest BCUT2D eigenvalue weighted by atomic mass is 127. The van der Waals surface area contributed by atoms with Crippen LogP contribution in [0.3, 0.4) is 0 Å². The number of benzene rings is 3. The van der Waals surface area contributed by atoms with Crippen LogP contribution in [0.1, 0.15) is 11.1 Å². The standard InChI is InChI=1S/C22H15IN2O2/c1-26-21-11-15(9-16(12-24)13-25)10-20(23)22(21)27-14-18-7-4-6-17-5-2-3-8-19(17)18/h2-11H,14H2,1H3. The molecule has 0 atom stereocenters. The van der Waals surface area contributed by atoms with Crippen LogP contribution in [-0.2, 0) is 6.61 Å². The van der Waals surface area contributed by atoms with Gasteiger partial charge in [0.1, 0.15) is 24.3 Å². The van der Waals surface area contributed by atoms with E-state index in [9.17, 15) is 0 Å². The lowest BCUT2D eigenvalue weighted by Crippen LogP contribution is -2.01. The lowest BCUT2D eigenvalue weighted by molar-refractivity contribution is 0.283. The summed E-state index contributed by atoms with van der Waals surface area (Å²) in [5.41, 5.74) is 1.84. The van der Waals surface area contributed by atoms with E-state index in [2.05, 4.69) is 40.8 Å². The fraction of sp³-hybridized carbons (Fsp3) is 0.0909. The van der Waals surface area contributed by atoms with Crippen LogP contribution in [0.15, 0.2) is 60.2 Å². The zero-order chi connectivity index (χ0) is 19.2. The van der Waals surface area contributed by atoms with Crippen LogP contribution in [0.4, 0.5) is 0 Å². The summed E-state index contributed by atoms with van der Waals surface area (Å²) in [5, 5.41) is 20.2. The molecule has 0 aliphatic rings. The number of nitriles is 2. The highest BCUT2D eigenvalue weighted by Gasteiger charge is 2.12. The van der Waals surface area contributed by atoms with Crippen molar-refractivity contribution < 1.29 is 9.47 Å². The Labute approximate surface area is 171 Å². The van der Waals surface area contributed by atoms with Crippen molar-refractivity contribution >= 4 is 39.4 Å². The molecule has 0 aliphatic carbocycles. The average Bonchev–Trinajstić information content (AvgIpc) is 2.70. The first-order valence-corrected chi connectivity index (χ1v) is 9.23. The third-order valence-corrected chi connectivity index (χ3v) is 4.86. The van der Waals surface area contributed by atoms with E-state index >= 15 is 0 Å². The van der Waals surface area contributed by atoms with Crippen molar-refractivity contribution in [2.45, 2.75) is 6.61 Å². The smallest absolute Gasteiger partial charge is 0.174 e. The first kappa shape index (κ1) is 18.8. The van der Waals surface area contributed by atoms with Crippen LogP contribution in [-0.4, -0.2) is 7.11 Å². The van der Waals surface area contributed by atoms with E-state index in [1.165, 1.54) is 11.5 Å².